The SMILES string of the molecule is CC(C)Cc1nnc(NC2CC(C)(C)CC(C)(C)C2)s1. The Kier molecular flexibility index (Phi) is 4.43. The van der Waals surface area contributed by atoms with Gasteiger partial charge >= 0.3 is 0 Å². The maximum Gasteiger partial charge on any atom is 0.205 e. The molecule has 1 heterocycles. The summed E-state index contributed by atoms with van der Waals surface area (Å²) in [5, 5.41) is 14.4. The fraction of sp³-hybridized carbons (Fsp3) is 0.875. The van der Waals surface area contributed by atoms with E-state index in [0.717, 1.165) is 16.6 Å². The molecular formula is C16H29N3S. The van der Waals surface area contributed by atoms with E-state index in [2.05, 4.69) is 57.1 Å². The second-order valence-corrected chi connectivity index (χ2v) is 9.42. The van der Waals surface area contributed by atoms with Crippen molar-refractivity contribution in [3.05, 3.63) is 5.01 Å². The van der Waals surface area contributed by atoms with Crippen LogP contribution in [0.4, 0.5) is 5.13 Å². The number of aromatic nitrogens is 2. The summed E-state index contributed by atoms with van der Waals surface area (Å²) in [5.74, 6) is 0.642. The zero-order valence-corrected chi connectivity index (χ0v) is 14.6. The monoisotopic (exact) mass is 295 g/mol. The molecule has 1 N–H and O–H groups in total. The third-order valence-corrected chi connectivity index (χ3v) is 4.81. The van der Waals surface area contributed by atoms with Crippen LogP contribution in [0.25, 0.3) is 0 Å². The molecule has 1 aliphatic carbocycles. The molecule has 114 valence electrons. The maximum atomic E-state index is 4.32. The average Bonchev–Trinajstić information content (AvgIpc) is 2.58. The quantitative estimate of drug-likeness (QED) is 0.870. The van der Waals surface area contributed by atoms with Gasteiger partial charge in [-0.15, -0.1) is 10.2 Å². The van der Waals surface area contributed by atoms with E-state index >= 15 is 0 Å². The highest BCUT2D eigenvalue weighted by atomic mass is 32.1. The fourth-order valence-electron chi connectivity index (χ4n) is 3.87. The normalized spacial score (nSPS) is 22.1. The Morgan fingerprint density at radius 2 is 1.75 bits per heavy atom. The average molecular weight is 295 g/mol. The van der Waals surface area contributed by atoms with Crippen molar-refractivity contribution in [1.82, 2.24) is 10.2 Å². The van der Waals surface area contributed by atoms with E-state index in [9.17, 15) is 0 Å². The second-order valence-electron chi connectivity index (χ2n) is 8.35. The van der Waals surface area contributed by atoms with E-state index in [1.54, 1.807) is 11.3 Å². The summed E-state index contributed by atoms with van der Waals surface area (Å²) in [7, 11) is 0. The molecule has 4 heteroatoms. The minimum atomic E-state index is 0.408. The first-order valence-corrected chi connectivity index (χ1v) is 8.56. The zero-order chi connectivity index (χ0) is 15.0. The van der Waals surface area contributed by atoms with Gasteiger partial charge in [0.05, 0.1) is 0 Å². The molecular weight excluding hydrogens is 266 g/mol. The van der Waals surface area contributed by atoms with Crippen molar-refractivity contribution >= 4 is 16.5 Å². The molecule has 1 aliphatic rings. The first-order chi connectivity index (χ1) is 9.15. The van der Waals surface area contributed by atoms with E-state index in [0.29, 0.717) is 22.8 Å². The van der Waals surface area contributed by atoms with Crippen LogP contribution in [0.15, 0.2) is 0 Å². The number of hydrogen-bond acceptors (Lipinski definition) is 4. The van der Waals surface area contributed by atoms with Gasteiger partial charge in [-0.1, -0.05) is 52.9 Å². The van der Waals surface area contributed by atoms with Crippen molar-refractivity contribution in [2.75, 3.05) is 5.32 Å². The van der Waals surface area contributed by atoms with Crippen LogP contribution in [0.2, 0.25) is 0 Å². The smallest absolute Gasteiger partial charge is 0.205 e. The highest BCUT2D eigenvalue weighted by Crippen LogP contribution is 2.46. The zero-order valence-electron chi connectivity index (χ0n) is 13.8. The van der Waals surface area contributed by atoms with Gasteiger partial charge < -0.3 is 5.32 Å². The molecule has 1 fully saturated rings. The summed E-state index contributed by atoms with van der Waals surface area (Å²) in [6.45, 7) is 14.0. The minimum Gasteiger partial charge on any atom is -0.357 e. The lowest BCUT2D eigenvalue weighted by Gasteiger charge is -2.45. The molecule has 0 aliphatic heterocycles. The van der Waals surface area contributed by atoms with Gasteiger partial charge in [-0.05, 0) is 36.0 Å². The topological polar surface area (TPSA) is 37.8 Å². The van der Waals surface area contributed by atoms with Gasteiger partial charge in [0.25, 0.3) is 0 Å². The maximum absolute atomic E-state index is 4.32. The number of anilines is 1. The molecule has 0 amide bonds. The molecule has 1 aromatic rings. The molecule has 0 spiro atoms. The molecule has 0 atom stereocenters. The van der Waals surface area contributed by atoms with Crippen LogP contribution in [0.3, 0.4) is 0 Å². The Morgan fingerprint density at radius 3 is 2.30 bits per heavy atom. The molecule has 3 nitrogen and oxygen atoms in total. The van der Waals surface area contributed by atoms with E-state index in [4.69, 9.17) is 0 Å². The molecule has 2 rings (SSSR count). The van der Waals surface area contributed by atoms with Crippen LogP contribution in [0, 0.1) is 16.7 Å². The highest BCUT2D eigenvalue weighted by molar-refractivity contribution is 7.15. The Hall–Kier alpha value is -0.640. The second kappa shape index (κ2) is 5.63. The largest absolute Gasteiger partial charge is 0.357 e. The van der Waals surface area contributed by atoms with Crippen LogP contribution >= 0.6 is 11.3 Å². The van der Waals surface area contributed by atoms with Gasteiger partial charge in [0.2, 0.25) is 5.13 Å². The van der Waals surface area contributed by atoms with Crippen LogP contribution < -0.4 is 5.32 Å². The van der Waals surface area contributed by atoms with Gasteiger partial charge in [-0.2, -0.15) is 0 Å². The first kappa shape index (κ1) is 15.7. The van der Waals surface area contributed by atoms with E-state index in [1.807, 2.05) is 0 Å². The van der Waals surface area contributed by atoms with Crippen LogP contribution in [0.1, 0.15) is 65.8 Å². The van der Waals surface area contributed by atoms with Crippen LogP contribution in [-0.2, 0) is 6.42 Å². The summed E-state index contributed by atoms with van der Waals surface area (Å²) in [4.78, 5) is 0. The van der Waals surface area contributed by atoms with Crippen LogP contribution in [-0.4, -0.2) is 16.2 Å². The van der Waals surface area contributed by atoms with Gasteiger partial charge in [-0.3, -0.25) is 0 Å². The lowest BCUT2D eigenvalue weighted by atomic mass is 9.63. The van der Waals surface area contributed by atoms with E-state index in [1.165, 1.54) is 19.3 Å². The van der Waals surface area contributed by atoms with Gasteiger partial charge in [-0.25, -0.2) is 0 Å². The third-order valence-electron chi connectivity index (χ3n) is 3.93. The van der Waals surface area contributed by atoms with Crippen molar-refractivity contribution in [1.29, 1.82) is 0 Å². The van der Waals surface area contributed by atoms with Crippen molar-refractivity contribution in [2.24, 2.45) is 16.7 Å². The summed E-state index contributed by atoms with van der Waals surface area (Å²) < 4.78 is 0. The predicted molar refractivity (Wildman–Crippen MR) is 87.3 cm³/mol. The van der Waals surface area contributed by atoms with E-state index in [-0.39, 0.29) is 0 Å². The summed E-state index contributed by atoms with van der Waals surface area (Å²) >= 11 is 1.72. The summed E-state index contributed by atoms with van der Waals surface area (Å²) in [6, 6.07) is 0.522. The van der Waals surface area contributed by atoms with Crippen molar-refractivity contribution in [3.63, 3.8) is 0 Å². The molecule has 0 saturated heterocycles. The molecule has 1 saturated carbocycles. The van der Waals surface area contributed by atoms with Gasteiger partial charge in [0.15, 0.2) is 0 Å². The number of rotatable bonds is 4. The minimum absolute atomic E-state index is 0.408. The predicted octanol–water partition coefficient (Wildman–Crippen LogP) is 4.75. The van der Waals surface area contributed by atoms with Crippen molar-refractivity contribution in [2.45, 2.75) is 73.3 Å². The molecule has 0 bridgehead atoms. The van der Waals surface area contributed by atoms with Gasteiger partial charge in [0, 0.05) is 12.5 Å². The van der Waals surface area contributed by atoms with Crippen molar-refractivity contribution < 1.29 is 0 Å². The molecule has 0 radical (unpaired) electrons. The highest BCUT2D eigenvalue weighted by Gasteiger charge is 2.38. The van der Waals surface area contributed by atoms with Crippen molar-refractivity contribution in [3.8, 4) is 0 Å². The molecule has 0 aromatic carbocycles. The Morgan fingerprint density at radius 1 is 1.15 bits per heavy atom. The Balaban J connectivity index is 2.00. The first-order valence-electron chi connectivity index (χ1n) is 7.74. The lowest BCUT2D eigenvalue weighted by Crippen LogP contribution is -2.40. The Bertz CT molecular complexity index is 432. The van der Waals surface area contributed by atoms with Gasteiger partial charge in [0.1, 0.15) is 5.01 Å². The summed E-state index contributed by atoms with van der Waals surface area (Å²) in [6.07, 6.45) is 4.76. The lowest BCUT2D eigenvalue weighted by molar-refractivity contribution is 0.105. The number of nitrogens with zero attached hydrogens (tertiary/aromatic N) is 2. The molecule has 0 unspecified atom stereocenters. The number of hydrogen-bond donors (Lipinski definition) is 1. The summed E-state index contributed by atoms with van der Waals surface area (Å²) in [5.41, 5.74) is 0.815. The van der Waals surface area contributed by atoms with Crippen LogP contribution in [0.5, 0.6) is 0 Å². The Labute approximate surface area is 127 Å². The fourth-order valence-corrected chi connectivity index (χ4v) is 4.90. The number of nitrogens with one attached hydrogen (secondary N) is 1. The molecule has 20 heavy (non-hydrogen) atoms. The van der Waals surface area contributed by atoms with E-state index < -0.39 is 0 Å². The molecule has 1 aromatic heterocycles. The third kappa shape index (κ3) is 4.44. The standard InChI is InChI=1S/C16H29N3S/c1-11(2)7-13-18-19-14(20-13)17-12-8-15(3,4)10-16(5,6)9-12/h11-12H,7-10H2,1-6H3,(H,17,19).